The molecule has 1 atom stereocenters. The third kappa shape index (κ3) is 3.85. The molecule has 0 unspecified atom stereocenters. The lowest BCUT2D eigenvalue weighted by Gasteiger charge is -2.16. The fraction of sp³-hybridized carbons (Fsp3) is 0.0909. The van der Waals surface area contributed by atoms with E-state index in [0.717, 1.165) is 11.4 Å². The number of rotatable bonds is 5. The van der Waals surface area contributed by atoms with Crippen LogP contribution in [0.5, 0.6) is 11.5 Å². The normalized spacial score (nSPS) is 16.3. The minimum absolute atomic E-state index is 0.101. The fourth-order valence-corrected chi connectivity index (χ4v) is 3.18. The number of para-hydroxylation sites is 1. The molecular formula is C22H17ClN2O3. The highest BCUT2D eigenvalue weighted by molar-refractivity contribution is 6.30. The molecule has 0 bridgehead atoms. The van der Waals surface area contributed by atoms with Crippen LogP contribution in [0.4, 0.5) is 11.4 Å². The fourth-order valence-electron chi connectivity index (χ4n) is 3.05. The van der Waals surface area contributed by atoms with Gasteiger partial charge in [0.2, 0.25) is 5.91 Å². The number of anilines is 2. The molecule has 1 saturated heterocycles. The molecule has 5 nitrogen and oxygen atoms in total. The summed E-state index contributed by atoms with van der Waals surface area (Å²) in [6.45, 7) is 0. The van der Waals surface area contributed by atoms with Gasteiger partial charge in [-0.15, -0.1) is 0 Å². The highest BCUT2D eigenvalue weighted by Gasteiger charge is 2.39. The lowest BCUT2D eigenvalue weighted by atomic mass is 10.2. The van der Waals surface area contributed by atoms with Gasteiger partial charge in [0.05, 0.1) is 12.1 Å². The molecule has 1 aliphatic rings. The van der Waals surface area contributed by atoms with Crippen LogP contribution in [-0.2, 0) is 9.59 Å². The van der Waals surface area contributed by atoms with Crippen LogP contribution in [0.3, 0.4) is 0 Å². The number of nitrogens with zero attached hydrogens (tertiary/aromatic N) is 1. The summed E-state index contributed by atoms with van der Waals surface area (Å²) in [5.74, 6) is 0.914. The summed E-state index contributed by atoms with van der Waals surface area (Å²) in [5, 5.41) is 3.68. The Morgan fingerprint density at radius 3 is 2.18 bits per heavy atom. The molecule has 1 aliphatic heterocycles. The third-order valence-corrected chi connectivity index (χ3v) is 4.66. The van der Waals surface area contributed by atoms with Crippen molar-refractivity contribution >= 4 is 34.8 Å². The van der Waals surface area contributed by atoms with Crippen LogP contribution in [0.2, 0.25) is 5.02 Å². The summed E-state index contributed by atoms with van der Waals surface area (Å²) in [6, 6.07) is 22.8. The van der Waals surface area contributed by atoms with E-state index in [4.69, 9.17) is 16.3 Å². The van der Waals surface area contributed by atoms with Crippen LogP contribution in [0.15, 0.2) is 78.9 Å². The molecule has 3 aromatic rings. The van der Waals surface area contributed by atoms with Crippen LogP contribution < -0.4 is 15.0 Å². The first kappa shape index (κ1) is 18.1. The number of hydrogen-bond donors (Lipinski definition) is 1. The molecule has 6 heteroatoms. The Labute approximate surface area is 167 Å². The summed E-state index contributed by atoms with van der Waals surface area (Å²) in [7, 11) is 0. The van der Waals surface area contributed by atoms with Crippen molar-refractivity contribution in [2.45, 2.75) is 12.5 Å². The number of carbonyl (C=O) groups excluding carboxylic acids is 2. The predicted molar refractivity (Wildman–Crippen MR) is 109 cm³/mol. The van der Waals surface area contributed by atoms with Gasteiger partial charge in [0.1, 0.15) is 17.5 Å². The zero-order valence-corrected chi connectivity index (χ0v) is 15.6. The number of amides is 2. The van der Waals surface area contributed by atoms with Crippen molar-refractivity contribution in [3.05, 3.63) is 83.9 Å². The Bertz CT molecular complexity index is 989. The molecule has 3 aromatic carbocycles. The largest absolute Gasteiger partial charge is 0.457 e. The maximum absolute atomic E-state index is 12.7. The number of benzene rings is 3. The molecule has 28 heavy (non-hydrogen) atoms. The minimum atomic E-state index is -0.607. The Balaban J connectivity index is 1.43. The SMILES string of the molecule is O=C1C[C@@H](Nc2ccc(Oc3ccccc3)cc2)C(=O)N1c1ccc(Cl)cc1. The van der Waals surface area contributed by atoms with Crippen LogP contribution in [-0.4, -0.2) is 17.9 Å². The molecule has 0 radical (unpaired) electrons. The molecule has 1 N–H and O–H groups in total. The van der Waals surface area contributed by atoms with Gasteiger partial charge in [-0.05, 0) is 60.7 Å². The average molecular weight is 393 g/mol. The first-order chi connectivity index (χ1) is 13.6. The van der Waals surface area contributed by atoms with Gasteiger partial charge in [0, 0.05) is 10.7 Å². The number of nitrogens with one attached hydrogen (secondary N) is 1. The standard InChI is InChI=1S/C22H17ClN2O3/c23-15-6-10-17(11-7-15)25-21(26)14-20(22(25)27)24-16-8-12-19(13-9-16)28-18-4-2-1-3-5-18/h1-13,20,24H,14H2/t20-/m1/s1. The van der Waals surface area contributed by atoms with E-state index in [9.17, 15) is 9.59 Å². The van der Waals surface area contributed by atoms with E-state index in [1.165, 1.54) is 4.90 Å². The molecule has 2 amide bonds. The van der Waals surface area contributed by atoms with Crippen LogP contribution in [0.25, 0.3) is 0 Å². The van der Waals surface area contributed by atoms with Crippen LogP contribution in [0.1, 0.15) is 6.42 Å². The first-order valence-corrected chi connectivity index (χ1v) is 9.20. The van der Waals surface area contributed by atoms with Crippen LogP contribution in [0, 0.1) is 0 Å². The van der Waals surface area contributed by atoms with E-state index >= 15 is 0 Å². The zero-order valence-electron chi connectivity index (χ0n) is 14.8. The highest BCUT2D eigenvalue weighted by atomic mass is 35.5. The van der Waals surface area contributed by atoms with Gasteiger partial charge in [-0.3, -0.25) is 9.59 Å². The smallest absolute Gasteiger partial charge is 0.256 e. The lowest BCUT2D eigenvalue weighted by molar-refractivity contribution is -0.121. The maximum atomic E-state index is 12.7. The molecule has 140 valence electrons. The van der Waals surface area contributed by atoms with E-state index in [-0.39, 0.29) is 18.2 Å². The van der Waals surface area contributed by atoms with E-state index < -0.39 is 6.04 Å². The molecular weight excluding hydrogens is 376 g/mol. The number of halogens is 1. The van der Waals surface area contributed by atoms with E-state index in [0.29, 0.717) is 16.5 Å². The Morgan fingerprint density at radius 2 is 1.50 bits per heavy atom. The van der Waals surface area contributed by atoms with Gasteiger partial charge in [-0.1, -0.05) is 29.8 Å². The second kappa shape index (κ2) is 7.74. The summed E-state index contributed by atoms with van der Waals surface area (Å²) >= 11 is 5.88. The molecule has 1 heterocycles. The average Bonchev–Trinajstić information content (AvgIpc) is 2.98. The number of hydrogen-bond acceptors (Lipinski definition) is 4. The van der Waals surface area contributed by atoms with Gasteiger partial charge < -0.3 is 10.1 Å². The summed E-state index contributed by atoms with van der Waals surface area (Å²) in [4.78, 5) is 26.2. The topological polar surface area (TPSA) is 58.6 Å². The van der Waals surface area contributed by atoms with E-state index in [2.05, 4.69) is 5.32 Å². The van der Waals surface area contributed by atoms with Crippen molar-refractivity contribution in [1.29, 1.82) is 0 Å². The van der Waals surface area contributed by atoms with Crippen molar-refractivity contribution in [2.24, 2.45) is 0 Å². The Morgan fingerprint density at radius 1 is 0.857 bits per heavy atom. The highest BCUT2D eigenvalue weighted by Crippen LogP contribution is 2.27. The summed E-state index contributed by atoms with van der Waals surface area (Å²) in [6.07, 6.45) is 0.101. The number of ether oxygens (including phenoxy) is 1. The first-order valence-electron chi connectivity index (χ1n) is 8.82. The molecule has 0 aromatic heterocycles. The van der Waals surface area contributed by atoms with Gasteiger partial charge in [-0.25, -0.2) is 4.90 Å². The predicted octanol–water partition coefficient (Wildman–Crippen LogP) is 4.88. The second-order valence-electron chi connectivity index (χ2n) is 6.38. The van der Waals surface area contributed by atoms with Crippen molar-refractivity contribution in [1.82, 2.24) is 0 Å². The molecule has 0 aliphatic carbocycles. The van der Waals surface area contributed by atoms with E-state index in [1.807, 2.05) is 54.6 Å². The monoisotopic (exact) mass is 392 g/mol. The quantitative estimate of drug-likeness (QED) is 0.629. The van der Waals surface area contributed by atoms with Gasteiger partial charge in [0.25, 0.3) is 5.91 Å². The van der Waals surface area contributed by atoms with Crippen molar-refractivity contribution in [3.8, 4) is 11.5 Å². The minimum Gasteiger partial charge on any atom is -0.457 e. The van der Waals surface area contributed by atoms with E-state index in [1.54, 1.807) is 24.3 Å². The maximum Gasteiger partial charge on any atom is 0.256 e. The van der Waals surface area contributed by atoms with Crippen molar-refractivity contribution < 1.29 is 14.3 Å². The van der Waals surface area contributed by atoms with Crippen molar-refractivity contribution in [3.63, 3.8) is 0 Å². The number of carbonyl (C=O) groups is 2. The summed E-state index contributed by atoms with van der Waals surface area (Å²) < 4.78 is 5.76. The Kier molecular flexibility index (Phi) is 5.00. The zero-order chi connectivity index (χ0) is 19.5. The summed E-state index contributed by atoms with van der Waals surface area (Å²) in [5.41, 5.74) is 1.26. The lowest BCUT2D eigenvalue weighted by Crippen LogP contribution is -2.34. The van der Waals surface area contributed by atoms with Gasteiger partial charge in [0.15, 0.2) is 0 Å². The molecule has 4 rings (SSSR count). The van der Waals surface area contributed by atoms with Crippen molar-refractivity contribution in [2.75, 3.05) is 10.2 Å². The third-order valence-electron chi connectivity index (χ3n) is 4.41. The Hall–Kier alpha value is -3.31. The van der Waals surface area contributed by atoms with Crippen LogP contribution >= 0.6 is 11.6 Å². The molecule has 0 spiro atoms. The molecule has 1 fully saturated rings. The second-order valence-corrected chi connectivity index (χ2v) is 6.82. The van der Waals surface area contributed by atoms with Gasteiger partial charge in [-0.2, -0.15) is 0 Å². The number of imide groups is 1. The molecule has 0 saturated carbocycles. The van der Waals surface area contributed by atoms with Gasteiger partial charge >= 0.3 is 0 Å².